The van der Waals surface area contributed by atoms with Crippen LogP contribution in [0.4, 0.5) is 0 Å². The average Bonchev–Trinajstić information content (AvgIpc) is 2.99. The van der Waals surface area contributed by atoms with Gasteiger partial charge in [-0.1, -0.05) is 19.9 Å². The molecule has 4 rings (SSSR count). The van der Waals surface area contributed by atoms with E-state index in [2.05, 4.69) is 57.8 Å². The molecule has 0 aromatic heterocycles. The number of amides is 2. The van der Waals surface area contributed by atoms with Crippen LogP contribution in [-0.4, -0.2) is 34.8 Å². The van der Waals surface area contributed by atoms with E-state index in [0.717, 1.165) is 19.3 Å². The molecule has 2 amide bonds. The van der Waals surface area contributed by atoms with Crippen molar-refractivity contribution in [2.24, 2.45) is 34.5 Å². The molecule has 0 aromatic carbocycles. The summed E-state index contributed by atoms with van der Waals surface area (Å²) in [6, 6.07) is 0.792. The second-order valence-electron chi connectivity index (χ2n) is 11.3. The van der Waals surface area contributed by atoms with Crippen LogP contribution in [0.2, 0.25) is 0 Å². The van der Waals surface area contributed by atoms with Crippen molar-refractivity contribution < 1.29 is 9.59 Å². The summed E-state index contributed by atoms with van der Waals surface area (Å²) < 4.78 is 0. The zero-order chi connectivity index (χ0) is 21.1. The fourth-order valence-corrected chi connectivity index (χ4v) is 8.02. The normalized spacial score (nSPS) is 43.6. The Balaban J connectivity index is 1.60. The highest BCUT2D eigenvalue weighted by Crippen LogP contribution is 2.65. The molecule has 162 valence electrons. The third-order valence-corrected chi connectivity index (χ3v) is 9.35. The van der Waals surface area contributed by atoms with E-state index in [0.29, 0.717) is 23.7 Å². The number of rotatable bonds is 3. The fraction of sp³-hybridized carbons (Fsp3) is 0.840. The standard InChI is InChI=1S/C25H40N2O2/c1-15(2)27(16(3)4)23(29)20-9-8-18-17-7-10-21-25(6,14-12-22(28)26-21)19(17)11-13-24(18,20)5/h12,14-21H,7-11,13H2,1-6H3,(H,26,28)/t17-,18-,19-,20+,21+,24-,25+/m0/s1. The first-order valence-electron chi connectivity index (χ1n) is 11.9. The smallest absolute Gasteiger partial charge is 0.243 e. The van der Waals surface area contributed by atoms with Gasteiger partial charge >= 0.3 is 0 Å². The minimum atomic E-state index is 0.0700. The lowest BCUT2D eigenvalue weighted by Crippen LogP contribution is -2.59. The molecule has 1 aliphatic heterocycles. The molecule has 7 atom stereocenters. The zero-order valence-corrected chi connectivity index (χ0v) is 19.2. The first kappa shape index (κ1) is 20.9. The van der Waals surface area contributed by atoms with Gasteiger partial charge in [-0.05, 0) is 95.5 Å². The number of hydrogen-bond donors (Lipinski definition) is 1. The van der Waals surface area contributed by atoms with E-state index in [1.165, 1.54) is 19.3 Å². The van der Waals surface area contributed by atoms with Gasteiger partial charge in [0.05, 0.1) is 0 Å². The summed E-state index contributed by atoms with van der Waals surface area (Å²) in [6.07, 6.45) is 10.8. The summed E-state index contributed by atoms with van der Waals surface area (Å²) in [5.74, 6) is 2.57. The minimum absolute atomic E-state index is 0.0700. The zero-order valence-electron chi connectivity index (χ0n) is 19.2. The van der Waals surface area contributed by atoms with Gasteiger partial charge in [0.15, 0.2) is 0 Å². The molecule has 3 saturated carbocycles. The van der Waals surface area contributed by atoms with E-state index in [1.807, 2.05) is 0 Å². The Bertz CT molecular complexity index is 706. The van der Waals surface area contributed by atoms with E-state index >= 15 is 0 Å². The quantitative estimate of drug-likeness (QED) is 0.756. The Kier molecular flexibility index (Phi) is 5.15. The van der Waals surface area contributed by atoms with Crippen molar-refractivity contribution in [1.29, 1.82) is 0 Å². The van der Waals surface area contributed by atoms with Gasteiger partial charge in [0.1, 0.15) is 0 Å². The molecular formula is C25H40N2O2. The number of hydrogen-bond acceptors (Lipinski definition) is 2. The van der Waals surface area contributed by atoms with Crippen LogP contribution >= 0.6 is 0 Å². The van der Waals surface area contributed by atoms with Crippen molar-refractivity contribution in [3.05, 3.63) is 12.2 Å². The third-order valence-electron chi connectivity index (χ3n) is 9.35. The maximum Gasteiger partial charge on any atom is 0.243 e. The molecule has 0 unspecified atom stereocenters. The van der Waals surface area contributed by atoms with Crippen molar-refractivity contribution in [3.8, 4) is 0 Å². The molecule has 1 N–H and O–H groups in total. The van der Waals surface area contributed by atoms with Crippen LogP contribution in [0.5, 0.6) is 0 Å². The van der Waals surface area contributed by atoms with Gasteiger partial charge < -0.3 is 10.2 Å². The van der Waals surface area contributed by atoms with Gasteiger partial charge in [-0.3, -0.25) is 9.59 Å². The SMILES string of the molecule is CC(C)N(C(=O)[C@H]1CC[C@H]2[C@@H]3CC[C@H]4NC(=O)C=C[C@]4(C)[C@H]3CC[C@]12C)C(C)C. The third kappa shape index (κ3) is 3.08. The van der Waals surface area contributed by atoms with Gasteiger partial charge in [-0.25, -0.2) is 0 Å². The van der Waals surface area contributed by atoms with Crippen molar-refractivity contribution in [2.45, 2.75) is 98.2 Å². The molecule has 0 bridgehead atoms. The summed E-state index contributed by atoms with van der Waals surface area (Å²) >= 11 is 0. The van der Waals surface area contributed by atoms with Crippen LogP contribution in [0.1, 0.15) is 80.1 Å². The van der Waals surface area contributed by atoms with Gasteiger partial charge in [0.2, 0.25) is 11.8 Å². The summed E-state index contributed by atoms with van der Waals surface area (Å²) in [5.41, 5.74) is 0.202. The molecule has 4 heteroatoms. The molecule has 0 spiro atoms. The van der Waals surface area contributed by atoms with E-state index in [4.69, 9.17) is 0 Å². The molecular weight excluding hydrogens is 360 g/mol. The Morgan fingerprint density at radius 2 is 1.72 bits per heavy atom. The summed E-state index contributed by atoms with van der Waals surface area (Å²) in [4.78, 5) is 27.7. The minimum Gasteiger partial charge on any atom is -0.349 e. The number of fused-ring (bicyclic) bond motifs is 5. The van der Waals surface area contributed by atoms with E-state index in [1.54, 1.807) is 6.08 Å². The summed E-state index contributed by atoms with van der Waals surface area (Å²) in [7, 11) is 0. The van der Waals surface area contributed by atoms with Crippen LogP contribution in [0.3, 0.4) is 0 Å². The first-order valence-corrected chi connectivity index (χ1v) is 11.9. The van der Waals surface area contributed by atoms with Gasteiger partial charge in [-0.15, -0.1) is 0 Å². The van der Waals surface area contributed by atoms with E-state index in [9.17, 15) is 9.59 Å². The molecule has 4 nitrogen and oxygen atoms in total. The van der Waals surface area contributed by atoms with Crippen molar-refractivity contribution in [1.82, 2.24) is 10.2 Å². The Labute approximate surface area is 176 Å². The molecule has 3 aliphatic carbocycles. The van der Waals surface area contributed by atoms with E-state index < -0.39 is 0 Å². The van der Waals surface area contributed by atoms with Crippen LogP contribution < -0.4 is 5.32 Å². The summed E-state index contributed by atoms with van der Waals surface area (Å²) in [6.45, 7) is 13.4. The highest BCUT2D eigenvalue weighted by Gasteiger charge is 2.61. The second kappa shape index (κ2) is 7.13. The van der Waals surface area contributed by atoms with Gasteiger partial charge in [0.25, 0.3) is 0 Å². The van der Waals surface area contributed by atoms with Crippen molar-refractivity contribution >= 4 is 11.8 Å². The van der Waals surface area contributed by atoms with Crippen LogP contribution in [-0.2, 0) is 9.59 Å². The van der Waals surface area contributed by atoms with Crippen molar-refractivity contribution in [3.63, 3.8) is 0 Å². The predicted molar refractivity (Wildman–Crippen MR) is 116 cm³/mol. The maximum atomic E-state index is 13.6. The molecule has 3 fully saturated rings. The molecule has 0 saturated heterocycles. The molecule has 0 aromatic rings. The average molecular weight is 401 g/mol. The maximum absolute atomic E-state index is 13.6. The lowest BCUT2D eigenvalue weighted by Gasteiger charge is -2.59. The largest absolute Gasteiger partial charge is 0.349 e. The van der Waals surface area contributed by atoms with Crippen LogP contribution in [0.25, 0.3) is 0 Å². The number of nitrogens with one attached hydrogen (secondary N) is 1. The fourth-order valence-electron chi connectivity index (χ4n) is 8.02. The molecule has 1 heterocycles. The van der Waals surface area contributed by atoms with Crippen LogP contribution in [0, 0.1) is 34.5 Å². The number of carbonyl (C=O) groups excluding carboxylic acids is 2. The Morgan fingerprint density at radius 1 is 1.03 bits per heavy atom. The number of carbonyl (C=O) groups is 2. The topological polar surface area (TPSA) is 49.4 Å². The molecule has 0 radical (unpaired) electrons. The highest BCUT2D eigenvalue weighted by molar-refractivity contribution is 5.89. The van der Waals surface area contributed by atoms with E-state index in [-0.39, 0.29) is 40.8 Å². The second-order valence-corrected chi connectivity index (χ2v) is 11.3. The monoisotopic (exact) mass is 400 g/mol. The van der Waals surface area contributed by atoms with Crippen LogP contribution in [0.15, 0.2) is 12.2 Å². The molecule has 4 aliphatic rings. The predicted octanol–water partition coefficient (Wildman–Crippen LogP) is 4.55. The van der Waals surface area contributed by atoms with Crippen molar-refractivity contribution in [2.75, 3.05) is 0 Å². The first-order chi connectivity index (χ1) is 13.6. The highest BCUT2D eigenvalue weighted by atomic mass is 16.2. The Morgan fingerprint density at radius 3 is 2.38 bits per heavy atom. The van der Waals surface area contributed by atoms with Gasteiger partial charge in [0, 0.05) is 29.5 Å². The lowest BCUT2D eigenvalue weighted by atomic mass is 9.48. The van der Waals surface area contributed by atoms with Gasteiger partial charge in [-0.2, -0.15) is 0 Å². The number of nitrogens with zero attached hydrogens (tertiary/aromatic N) is 1. The summed E-state index contributed by atoms with van der Waals surface area (Å²) in [5, 5.41) is 3.24. The molecule has 29 heavy (non-hydrogen) atoms. The lowest BCUT2D eigenvalue weighted by molar-refractivity contribution is -0.147. The Hall–Kier alpha value is -1.32.